The maximum Gasteiger partial charge on any atom is 0.344 e. The van der Waals surface area contributed by atoms with Gasteiger partial charge in [-0.1, -0.05) is 18.2 Å². The van der Waals surface area contributed by atoms with Gasteiger partial charge in [0.1, 0.15) is 11.6 Å². The van der Waals surface area contributed by atoms with Gasteiger partial charge in [0.15, 0.2) is 11.9 Å². The molecule has 0 bridgehead atoms. The lowest BCUT2D eigenvalue weighted by Crippen LogP contribution is -2.37. The van der Waals surface area contributed by atoms with E-state index < -0.39 is 12.1 Å². The van der Waals surface area contributed by atoms with Crippen LogP contribution in [-0.2, 0) is 9.53 Å². The first-order valence-electron chi connectivity index (χ1n) is 10.5. The van der Waals surface area contributed by atoms with E-state index in [4.69, 9.17) is 19.6 Å². The van der Waals surface area contributed by atoms with Crippen molar-refractivity contribution in [3.63, 3.8) is 0 Å². The molecule has 2 heterocycles. The fourth-order valence-corrected chi connectivity index (χ4v) is 3.49. The van der Waals surface area contributed by atoms with Crippen molar-refractivity contribution in [2.45, 2.75) is 13.0 Å². The van der Waals surface area contributed by atoms with Crippen LogP contribution < -0.4 is 9.64 Å². The summed E-state index contributed by atoms with van der Waals surface area (Å²) in [6.45, 7) is 4.23. The summed E-state index contributed by atoms with van der Waals surface area (Å²) in [7, 11) is 0. The minimum atomic E-state index is -1.05. The van der Waals surface area contributed by atoms with Crippen molar-refractivity contribution in [3.05, 3.63) is 71.8 Å². The van der Waals surface area contributed by atoms with Crippen molar-refractivity contribution < 1.29 is 24.2 Å². The first-order valence-corrected chi connectivity index (χ1v) is 10.5. The van der Waals surface area contributed by atoms with Crippen molar-refractivity contribution in [1.29, 1.82) is 0 Å². The third-order valence-electron chi connectivity index (χ3n) is 5.26. The largest absolute Gasteiger partial charge is 0.479 e. The van der Waals surface area contributed by atoms with Crippen LogP contribution in [0.1, 0.15) is 22.8 Å². The number of aromatic nitrogens is 1. The Bertz CT molecular complexity index is 1150. The second-order valence-electron chi connectivity index (χ2n) is 7.51. The standard InChI is InChI=1S/C25H24N2O5/c1-17(25(29)30)32-21-9-6-18(7-10-21)23(28)11-8-20-16-19-4-2-3-5-22(19)26-24(20)27-12-14-31-15-13-27/h2-11,16-17H,12-15H2,1H3,(H,29,30)/b11-8+. The third kappa shape index (κ3) is 4.95. The molecule has 1 N–H and O–H groups in total. The summed E-state index contributed by atoms with van der Waals surface area (Å²) in [6, 6.07) is 16.4. The number of morpholine rings is 1. The van der Waals surface area contributed by atoms with Gasteiger partial charge in [0.25, 0.3) is 0 Å². The zero-order valence-corrected chi connectivity index (χ0v) is 17.7. The number of para-hydroxylation sites is 1. The molecule has 1 unspecified atom stereocenters. The zero-order chi connectivity index (χ0) is 22.5. The summed E-state index contributed by atoms with van der Waals surface area (Å²) in [5.41, 5.74) is 2.26. The lowest BCUT2D eigenvalue weighted by atomic mass is 10.1. The summed E-state index contributed by atoms with van der Waals surface area (Å²) in [5, 5.41) is 9.95. The number of anilines is 1. The van der Waals surface area contributed by atoms with Crippen molar-refractivity contribution in [2.24, 2.45) is 0 Å². The van der Waals surface area contributed by atoms with Gasteiger partial charge in [-0.25, -0.2) is 9.78 Å². The van der Waals surface area contributed by atoms with E-state index in [2.05, 4.69) is 4.90 Å². The van der Waals surface area contributed by atoms with E-state index in [0.29, 0.717) is 24.5 Å². The first kappa shape index (κ1) is 21.5. The minimum absolute atomic E-state index is 0.163. The van der Waals surface area contributed by atoms with Gasteiger partial charge in [-0.05, 0) is 55.5 Å². The number of aliphatic carboxylic acids is 1. The van der Waals surface area contributed by atoms with Crippen LogP contribution in [-0.4, -0.2) is 54.3 Å². The number of carbonyl (C=O) groups excluding carboxylic acids is 1. The van der Waals surface area contributed by atoms with Gasteiger partial charge < -0.3 is 19.5 Å². The summed E-state index contributed by atoms with van der Waals surface area (Å²) in [4.78, 5) is 30.7. The molecule has 164 valence electrons. The van der Waals surface area contributed by atoms with Gasteiger partial charge in [-0.15, -0.1) is 0 Å². The van der Waals surface area contributed by atoms with Gasteiger partial charge in [-0.3, -0.25) is 4.79 Å². The van der Waals surface area contributed by atoms with Crippen molar-refractivity contribution in [2.75, 3.05) is 31.2 Å². The average molecular weight is 432 g/mol. The third-order valence-corrected chi connectivity index (χ3v) is 5.26. The molecule has 1 aliphatic heterocycles. The molecule has 4 rings (SSSR count). The van der Waals surface area contributed by atoms with Crippen molar-refractivity contribution in [3.8, 4) is 5.75 Å². The summed E-state index contributed by atoms with van der Waals surface area (Å²) in [5.74, 6) is 0.0216. The highest BCUT2D eigenvalue weighted by Crippen LogP contribution is 2.26. The van der Waals surface area contributed by atoms with E-state index in [1.54, 1.807) is 30.3 Å². The fourth-order valence-electron chi connectivity index (χ4n) is 3.49. The molecule has 1 saturated heterocycles. The van der Waals surface area contributed by atoms with E-state index in [0.717, 1.165) is 35.4 Å². The maximum atomic E-state index is 12.7. The van der Waals surface area contributed by atoms with Gasteiger partial charge in [-0.2, -0.15) is 0 Å². The molecule has 7 nitrogen and oxygen atoms in total. The van der Waals surface area contributed by atoms with Gasteiger partial charge in [0, 0.05) is 29.6 Å². The zero-order valence-electron chi connectivity index (χ0n) is 17.7. The number of pyridine rings is 1. The average Bonchev–Trinajstić information content (AvgIpc) is 2.83. The first-order chi connectivity index (χ1) is 15.5. The highest BCUT2D eigenvalue weighted by Gasteiger charge is 2.17. The van der Waals surface area contributed by atoms with E-state index in [1.165, 1.54) is 13.0 Å². The number of carboxylic acid groups (broad SMARTS) is 1. The molecule has 32 heavy (non-hydrogen) atoms. The quantitative estimate of drug-likeness (QED) is 0.448. The summed E-state index contributed by atoms with van der Waals surface area (Å²) >= 11 is 0. The number of allylic oxidation sites excluding steroid dienone is 1. The number of rotatable bonds is 7. The molecule has 0 radical (unpaired) electrons. The highest BCUT2D eigenvalue weighted by molar-refractivity contribution is 6.07. The number of nitrogens with zero attached hydrogens (tertiary/aromatic N) is 2. The summed E-state index contributed by atoms with van der Waals surface area (Å²) < 4.78 is 10.8. The van der Waals surface area contributed by atoms with Crippen LogP contribution in [0.4, 0.5) is 5.82 Å². The van der Waals surface area contributed by atoms with Crippen LogP contribution in [0.25, 0.3) is 17.0 Å². The lowest BCUT2D eigenvalue weighted by molar-refractivity contribution is -0.144. The van der Waals surface area contributed by atoms with E-state index in [-0.39, 0.29) is 5.78 Å². The lowest BCUT2D eigenvalue weighted by Gasteiger charge is -2.29. The Morgan fingerprint density at radius 3 is 2.56 bits per heavy atom. The SMILES string of the molecule is CC(Oc1ccc(C(=O)/C=C/c2cc3ccccc3nc2N2CCOCC2)cc1)C(=O)O. The van der Waals surface area contributed by atoms with E-state index >= 15 is 0 Å². The molecule has 1 fully saturated rings. The Hall–Kier alpha value is -3.71. The Labute approximate surface area is 185 Å². The topological polar surface area (TPSA) is 89.0 Å². The normalized spacial score (nSPS) is 15.1. The Morgan fingerprint density at radius 1 is 1.12 bits per heavy atom. The Kier molecular flexibility index (Phi) is 6.47. The minimum Gasteiger partial charge on any atom is -0.479 e. The molecule has 0 spiro atoms. The fraction of sp³-hybridized carbons (Fsp3) is 0.240. The molecular formula is C25H24N2O5. The molecular weight excluding hydrogens is 408 g/mol. The highest BCUT2D eigenvalue weighted by atomic mass is 16.5. The van der Waals surface area contributed by atoms with E-state index in [1.807, 2.05) is 30.3 Å². The second-order valence-corrected chi connectivity index (χ2v) is 7.51. The molecule has 3 aromatic rings. The smallest absolute Gasteiger partial charge is 0.344 e. The number of ketones is 1. The molecule has 1 aromatic heterocycles. The van der Waals surface area contributed by atoms with Crippen molar-refractivity contribution in [1.82, 2.24) is 4.98 Å². The molecule has 1 aliphatic rings. The van der Waals surface area contributed by atoms with Crippen LogP contribution in [0.3, 0.4) is 0 Å². The van der Waals surface area contributed by atoms with Gasteiger partial charge >= 0.3 is 5.97 Å². The maximum absolute atomic E-state index is 12.7. The van der Waals surface area contributed by atoms with Crippen LogP contribution in [0.15, 0.2) is 60.7 Å². The van der Waals surface area contributed by atoms with Gasteiger partial charge in [0.2, 0.25) is 0 Å². The van der Waals surface area contributed by atoms with Crippen LogP contribution >= 0.6 is 0 Å². The number of benzene rings is 2. The second kappa shape index (κ2) is 9.62. The van der Waals surface area contributed by atoms with Crippen LogP contribution in [0.2, 0.25) is 0 Å². The monoisotopic (exact) mass is 432 g/mol. The summed E-state index contributed by atoms with van der Waals surface area (Å²) in [6.07, 6.45) is 2.37. The number of ether oxygens (including phenoxy) is 2. The van der Waals surface area contributed by atoms with Crippen LogP contribution in [0, 0.1) is 0 Å². The molecule has 1 atom stereocenters. The predicted octanol–water partition coefficient (Wildman–Crippen LogP) is 3.82. The number of carboxylic acids is 1. The molecule has 0 aliphatic carbocycles. The predicted molar refractivity (Wildman–Crippen MR) is 122 cm³/mol. The van der Waals surface area contributed by atoms with E-state index in [9.17, 15) is 9.59 Å². The van der Waals surface area contributed by atoms with Gasteiger partial charge in [0.05, 0.1) is 18.7 Å². The van der Waals surface area contributed by atoms with Crippen LogP contribution in [0.5, 0.6) is 5.75 Å². The molecule has 2 aromatic carbocycles. The molecule has 7 heteroatoms. The Morgan fingerprint density at radius 2 is 1.84 bits per heavy atom. The molecule has 0 amide bonds. The Balaban J connectivity index is 1.57. The number of carbonyl (C=O) groups is 2. The number of hydrogen-bond acceptors (Lipinski definition) is 6. The molecule has 0 saturated carbocycles. The van der Waals surface area contributed by atoms with Crippen molar-refractivity contribution >= 4 is 34.5 Å². The number of hydrogen-bond donors (Lipinski definition) is 1. The number of fused-ring (bicyclic) bond motifs is 1.